The number of hydrogen-bond acceptors (Lipinski definition) is 4. The Bertz CT molecular complexity index is 648. The molecule has 1 saturated heterocycles. The van der Waals surface area contributed by atoms with Gasteiger partial charge in [0.15, 0.2) is 0 Å². The average Bonchev–Trinajstić information content (AvgIpc) is 2.95. The van der Waals surface area contributed by atoms with E-state index in [4.69, 9.17) is 4.74 Å². The first kappa shape index (κ1) is 17.6. The fraction of sp³-hybridized carbons (Fsp3) is 0.533. The summed E-state index contributed by atoms with van der Waals surface area (Å²) in [6.45, 7) is 2.72. The van der Waals surface area contributed by atoms with Gasteiger partial charge in [0.2, 0.25) is 10.0 Å². The normalized spacial score (nSPS) is 18.0. The Morgan fingerprint density at radius 3 is 2.91 bits per heavy atom. The molecule has 1 heterocycles. The molecule has 1 aromatic rings. The van der Waals surface area contributed by atoms with Crippen LogP contribution in [0.3, 0.4) is 0 Å². The molecule has 1 fully saturated rings. The maximum absolute atomic E-state index is 12.2. The van der Waals surface area contributed by atoms with E-state index < -0.39 is 10.0 Å². The molecule has 1 atom stereocenters. The van der Waals surface area contributed by atoms with Crippen molar-refractivity contribution in [3.8, 4) is 5.75 Å². The van der Waals surface area contributed by atoms with Gasteiger partial charge in [0.05, 0.1) is 12.9 Å². The zero-order chi connectivity index (χ0) is 16.9. The Morgan fingerprint density at radius 2 is 2.22 bits per heavy atom. The van der Waals surface area contributed by atoms with Gasteiger partial charge in [-0.1, -0.05) is 13.0 Å². The average molecular weight is 341 g/mol. The van der Waals surface area contributed by atoms with Gasteiger partial charge in [-0.3, -0.25) is 0 Å². The molecule has 0 saturated carbocycles. The van der Waals surface area contributed by atoms with Gasteiger partial charge >= 0.3 is 6.03 Å². The molecule has 7 nitrogen and oxygen atoms in total. The Morgan fingerprint density at radius 1 is 1.43 bits per heavy atom. The lowest BCUT2D eigenvalue weighted by molar-refractivity contribution is 0.221. The molecule has 0 aliphatic carbocycles. The highest BCUT2D eigenvalue weighted by atomic mass is 32.2. The minimum atomic E-state index is -3.26. The second-order valence-corrected chi connectivity index (χ2v) is 7.40. The molecule has 2 amide bonds. The Balaban J connectivity index is 1.89. The summed E-state index contributed by atoms with van der Waals surface area (Å²) in [6.07, 6.45) is 1.19. The first-order valence-corrected chi connectivity index (χ1v) is 9.28. The van der Waals surface area contributed by atoms with Crippen molar-refractivity contribution in [3.63, 3.8) is 0 Å². The summed E-state index contributed by atoms with van der Waals surface area (Å²) < 4.78 is 31.3. The lowest BCUT2D eigenvalue weighted by atomic mass is 10.3. The lowest BCUT2D eigenvalue weighted by Gasteiger charge is -2.18. The van der Waals surface area contributed by atoms with Crippen molar-refractivity contribution >= 4 is 21.7 Å². The second-order valence-electron chi connectivity index (χ2n) is 5.53. The highest BCUT2D eigenvalue weighted by molar-refractivity contribution is 7.89. The van der Waals surface area contributed by atoms with Crippen LogP contribution in [0.5, 0.6) is 5.75 Å². The number of anilines is 1. The number of ether oxygens (including phenoxy) is 1. The smallest absolute Gasteiger partial charge is 0.321 e. The zero-order valence-corrected chi connectivity index (χ0v) is 14.2. The molecule has 2 N–H and O–H groups in total. The SMILES string of the molecule is CCCS(=O)(=O)N[C@H]1CCN(C(=O)Nc2cccc(OC)c2)C1. The number of likely N-dealkylation sites (tertiary alicyclic amines) is 1. The number of carbonyl (C=O) groups is 1. The number of nitrogens with zero attached hydrogens (tertiary/aromatic N) is 1. The van der Waals surface area contributed by atoms with Crippen molar-refractivity contribution in [1.82, 2.24) is 9.62 Å². The van der Waals surface area contributed by atoms with E-state index in [1.807, 2.05) is 6.92 Å². The predicted octanol–water partition coefficient (Wildman–Crippen LogP) is 1.63. The first-order valence-electron chi connectivity index (χ1n) is 7.63. The van der Waals surface area contributed by atoms with Crippen molar-refractivity contribution < 1.29 is 17.9 Å². The van der Waals surface area contributed by atoms with Gasteiger partial charge in [0.25, 0.3) is 0 Å². The molecule has 0 bridgehead atoms. The summed E-state index contributed by atoms with van der Waals surface area (Å²) in [5, 5.41) is 2.80. The fourth-order valence-electron chi connectivity index (χ4n) is 2.53. The van der Waals surface area contributed by atoms with Gasteiger partial charge in [-0.15, -0.1) is 0 Å². The van der Waals surface area contributed by atoms with Gasteiger partial charge in [-0.2, -0.15) is 0 Å². The molecule has 1 aromatic carbocycles. The van der Waals surface area contributed by atoms with Crippen LogP contribution in [0.4, 0.5) is 10.5 Å². The lowest BCUT2D eigenvalue weighted by Crippen LogP contribution is -2.40. The second kappa shape index (κ2) is 7.65. The highest BCUT2D eigenvalue weighted by Gasteiger charge is 2.29. The van der Waals surface area contributed by atoms with Crippen molar-refractivity contribution in [2.24, 2.45) is 0 Å². The number of hydrogen-bond donors (Lipinski definition) is 2. The van der Waals surface area contributed by atoms with E-state index in [0.29, 0.717) is 37.4 Å². The summed E-state index contributed by atoms with van der Waals surface area (Å²) in [6, 6.07) is 6.63. The highest BCUT2D eigenvalue weighted by Crippen LogP contribution is 2.18. The van der Waals surface area contributed by atoms with Gasteiger partial charge in [0.1, 0.15) is 5.75 Å². The third-order valence-electron chi connectivity index (χ3n) is 3.62. The van der Waals surface area contributed by atoms with Crippen LogP contribution in [0.2, 0.25) is 0 Å². The number of carbonyl (C=O) groups excluding carboxylic acids is 1. The van der Waals surface area contributed by atoms with Crippen LogP contribution in [-0.2, 0) is 10.0 Å². The van der Waals surface area contributed by atoms with E-state index in [1.54, 1.807) is 36.3 Å². The molecule has 1 aliphatic heterocycles. The standard InChI is InChI=1S/C15H23N3O4S/c1-3-9-23(20,21)17-13-7-8-18(11-13)15(19)16-12-5-4-6-14(10-12)22-2/h4-6,10,13,17H,3,7-9,11H2,1-2H3,(H,16,19)/t13-/m0/s1. The van der Waals surface area contributed by atoms with Crippen molar-refractivity contribution in [3.05, 3.63) is 24.3 Å². The molecule has 0 spiro atoms. The van der Waals surface area contributed by atoms with E-state index in [9.17, 15) is 13.2 Å². The largest absolute Gasteiger partial charge is 0.497 e. The van der Waals surface area contributed by atoms with Crippen LogP contribution < -0.4 is 14.8 Å². The number of methoxy groups -OCH3 is 1. The van der Waals surface area contributed by atoms with Crippen LogP contribution in [-0.4, -0.2) is 51.3 Å². The van der Waals surface area contributed by atoms with Crippen LogP contribution >= 0.6 is 0 Å². The van der Waals surface area contributed by atoms with E-state index >= 15 is 0 Å². The number of nitrogens with one attached hydrogen (secondary N) is 2. The minimum Gasteiger partial charge on any atom is -0.497 e. The molecule has 0 radical (unpaired) electrons. The zero-order valence-electron chi connectivity index (χ0n) is 13.4. The van der Waals surface area contributed by atoms with Crippen LogP contribution in [0.15, 0.2) is 24.3 Å². The Hall–Kier alpha value is -1.80. The third-order valence-corrected chi connectivity index (χ3v) is 5.25. The minimum absolute atomic E-state index is 0.111. The predicted molar refractivity (Wildman–Crippen MR) is 89.2 cm³/mol. The molecule has 0 aromatic heterocycles. The number of rotatable bonds is 6. The molecule has 23 heavy (non-hydrogen) atoms. The third kappa shape index (κ3) is 5.11. The molecule has 8 heteroatoms. The summed E-state index contributed by atoms with van der Waals surface area (Å²) >= 11 is 0. The maximum atomic E-state index is 12.2. The van der Waals surface area contributed by atoms with E-state index in [2.05, 4.69) is 10.0 Å². The molecule has 0 unspecified atom stereocenters. The van der Waals surface area contributed by atoms with Gasteiger partial charge in [-0.25, -0.2) is 17.9 Å². The molecule has 128 valence electrons. The number of urea groups is 1. The Labute approximate surface area is 137 Å². The molecule has 1 aliphatic rings. The van der Waals surface area contributed by atoms with Crippen molar-refractivity contribution in [1.29, 1.82) is 0 Å². The van der Waals surface area contributed by atoms with Gasteiger partial charge < -0.3 is 15.0 Å². The fourth-order valence-corrected chi connectivity index (χ4v) is 3.88. The summed E-state index contributed by atoms with van der Waals surface area (Å²) in [5.41, 5.74) is 0.643. The first-order chi connectivity index (χ1) is 10.9. The summed E-state index contributed by atoms with van der Waals surface area (Å²) in [5.74, 6) is 0.772. The van der Waals surface area contributed by atoms with Crippen LogP contribution in [0.25, 0.3) is 0 Å². The Kier molecular flexibility index (Phi) is 5.84. The summed E-state index contributed by atoms with van der Waals surface area (Å²) in [7, 11) is -1.69. The molecular weight excluding hydrogens is 318 g/mol. The van der Waals surface area contributed by atoms with Gasteiger partial charge in [-0.05, 0) is 25.0 Å². The van der Waals surface area contributed by atoms with E-state index in [-0.39, 0.29) is 17.8 Å². The quantitative estimate of drug-likeness (QED) is 0.823. The number of amides is 2. The van der Waals surface area contributed by atoms with Crippen LogP contribution in [0.1, 0.15) is 19.8 Å². The number of benzene rings is 1. The monoisotopic (exact) mass is 341 g/mol. The molecule has 2 rings (SSSR count). The maximum Gasteiger partial charge on any atom is 0.321 e. The van der Waals surface area contributed by atoms with Crippen molar-refractivity contribution in [2.75, 3.05) is 31.3 Å². The topological polar surface area (TPSA) is 87.7 Å². The molecular formula is C15H23N3O4S. The van der Waals surface area contributed by atoms with E-state index in [0.717, 1.165) is 0 Å². The summed E-state index contributed by atoms with van der Waals surface area (Å²) in [4.78, 5) is 13.9. The van der Waals surface area contributed by atoms with Crippen LogP contribution in [0, 0.1) is 0 Å². The van der Waals surface area contributed by atoms with E-state index in [1.165, 1.54) is 0 Å². The van der Waals surface area contributed by atoms with Gasteiger partial charge in [0, 0.05) is 30.9 Å². The van der Waals surface area contributed by atoms with Crippen molar-refractivity contribution in [2.45, 2.75) is 25.8 Å². The number of sulfonamides is 1.